The molecular weight excluding hydrogens is 303 g/mol. The summed E-state index contributed by atoms with van der Waals surface area (Å²) in [5.41, 5.74) is 0.431. The van der Waals surface area contributed by atoms with Crippen molar-refractivity contribution in [3.63, 3.8) is 0 Å². The van der Waals surface area contributed by atoms with Crippen LogP contribution in [0, 0.1) is 0 Å². The minimum absolute atomic E-state index is 0.235. The zero-order valence-corrected chi connectivity index (χ0v) is 11.6. The van der Waals surface area contributed by atoms with Gasteiger partial charge in [-0.1, -0.05) is 18.2 Å². The third-order valence-corrected chi connectivity index (χ3v) is 3.78. The van der Waals surface area contributed by atoms with Crippen molar-refractivity contribution >= 4 is 17.3 Å². The van der Waals surface area contributed by atoms with Gasteiger partial charge in [0, 0.05) is 13.1 Å². The van der Waals surface area contributed by atoms with Gasteiger partial charge in [0.15, 0.2) is 0 Å². The van der Waals surface area contributed by atoms with E-state index in [1.54, 1.807) is 17.5 Å². The molecule has 0 fully saturated rings. The van der Waals surface area contributed by atoms with Gasteiger partial charge in [-0.2, -0.15) is 13.2 Å². The Bertz CT molecular complexity index is 637. The van der Waals surface area contributed by atoms with E-state index in [9.17, 15) is 18.0 Å². The van der Waals surface area contributed by atoms with Crippen molar-refractivity contribution in [3.05, 3.63) is 57.3 Å². The number of halogens is 3. The molecule has 0 unspecified atom stereocenters. The van der Waals surface area contributed by atoms with Crippen LogP contribution in [0.25, 0.3) is 0 Å². The minimum atomic E-state index is -4.36. The number of rotatable bonds is 5. The van der Waals surface area contributed by atoms with Crippen molar-refractivity contribution in [1.82, 2.24) is 5.32 Å². The van der Waals surface area contributed by atoms with Gasteiger partial charge in [-0.25, -0.2) is 4.79 Å². The van der Waals surface area contributed by atoms with Gasteiger partial charge in [0.1, 0.15) is 4.88 Å². The van der Waals surface area contributed by atoms with Crippen LogP contribution in [0.4, 0.5) is 13.2 Å². The Morgan fingerprint density at radius 3 is 2.67 bits per heavy atom. The van der Waals surface area contributed by atoms with E-state index in [1.807, 2.05) is 0 Å². The van der Waals surface area contributed by atoms with Crippen LogP contribution in [-0.4, -0.2) is 11.1 Å². The van der Waals surface area contributed by atoms with E-state index < -0.39 is 17.7 Å². The van der Waals surface area contributed by atoms with Crippen LogP contribution in [0.15, 0.2) is 35.7 Å². The first-order chi connectivity index (χ1) is 9.88. The molecule has 0 bridgehead atoms. The maximum absolute atomic E-state index is 12.6. The number of hydrogen-bond donors (Lipinski definition) is 2. The highest BCUT2D eigenvalue weighted by molar-refractivity contribution is 7.12. The smallest absolute Gasteiger partial charge is 0.416 e. The number of carbonyl (C=O) groups is 1. The summed E-state index contributed by atoms with van der Waals surface area (Å²) in [5.74, 6) is -0.999. The molecule has 2 rings (SSSR count). The summed E-state index contributed by atoms with van der Waals surface area (Å²) in [6.07, 6.45) is -4.36. The Labute approximate surface area is 123 Å². The lowest BCUT2D eigenvalue weighted by atomic mass is 10.1. The zero-order chi connectivity index (χ0) is 15.5. The van der Waals surface area contributed by atoms with Gasteiger partial charge in [-0.05, 0) is 28.6 Å². The lowest BCUT2D eigenvalue weighted by molar-refractivity contribution is -0.137. The number of carboxylic acid groups (broad SMARTS) is 1. The van der Waals surface area contributed by atoms with Crippen molar-refractivity contribution in [2.45, 2.75) is 19.3 Å². The van der Waals surface area contributed by atoms with Crippen molar-refractivity contribution in [1.29, 1.82) is 0 Å². The van der Waals surface area contributed by atoms with Crippen molar-refractivity contribution in [2.24, 2.45) is 0 Å². The summed E-state index contributed by atoms with van der Waals surface area (Å²) in [5, 5.41) is 13.6. The molecule has 1 aromatic carbocycles. The summed E-state index contributed by atoms with van der Waals surface area (Å²) < 4.78 is 37.7. The second-order valence-electron chi connectivity index (χ2n) is 4.38. The van der Waals surface area contributed by atoms with Crippen LogP contribution in [-0.2, 0) is 19.3 Å². The molecule has 7 heteroatoms. The maximum atomic E-state index is 12.6. The average molecular weight is 315 g/mol. The molecule has 0 atom stereocenters. The molecule has 2 N–H and O–H groups in total. The third-order valence-electron chi connectivity index (χ3n) is 2.84. The summed E-state index contributed by atoms with van der Waals surface area (Å²) in [6.45, 7) is 0.528. The van der Waals surface area contributed by atoms with Gasteiger partial charge in [0.05, 0.1) is 5.56 Å². The normalized spacial score (nSPS) is 11.6. The molecule has 2 aromatic rings. The summed E-state index contributed by atoms with van der Waals surface area (Å²) in [6, 6.07) is 6.73. The first-order valence-electron chi connectivity index (χ1n) is 6.04. The fraction of sp³-hybridized carbons (Fsp3) is 0.214. The van der Waals surface area contributed by atoms with Crippen LogP contribution in [0.2, 0.25) is 0 Å². The largest absolute Gasteiger partial charge is 0.477 e. The van der Waals surface area contributed by atoms with Gasteiger partial charge < -0.3 is 10.4 Å². The van der Waals surface area contributed by atoms with Crippen LogP contribution >= 0.6 is 11.3 Å². The van der Waals surface area contributed by atoms with Crippen LogP contribution in [0.3, 0.4) is 0 Å². The molecule has 1 aromatic heterocycles. The first kappa shape index (κ1) is 15.5. The number of carboxylic acids is 1. The Morgan fingerprint density at radius 2 is 2.00 bits per heavy atom. The summed E-state index contributed by atoms with van der Waals surface area (Å²) in [4.78, 5) is 11.2. The van der Waals surface area contributed by atoms with Gasteiger partial charge in [0.25, 0.3) is 0 Å². The molecule has 0 saturated heterocycles. The molecule has 0 aliphatic rings. The van der Waals surface area contributed by atoms with E-state index >= 15 is 0 Å². The fourth-order valence-electron chi connectivity index (χ4n) is 1.86. The quantitative estimate of drug-likeness (QED) is 0.883. The van der Waals surface area contributed by atoms with Crippen molar-refractivity contribution in [3.8, 4) is 0 Å². The SMILES string of the molecule is O=C(O)c1sccc1CNCc1cccc(C(F)(F)F)c1. The Kier molecular flexibility index (Phi) is 4.64. The second-order valence-corrected chi connectivity index (χ2v) is 5.30. The highest BCUT2D eigenvalue weighted by Crippen LogP contribution is 2.29. The van der Waals surface area contributed by atoms with E-state index in [-0.39, 0.29) is 11.4 Å². The first-order valence-corrected chi connectivity index (χ1v) is 6.92. The van der Waals surface area contributed by atoms with Gasteiger partial charge in [-0.3, -0.25) is 0 Å². The van der Waals surface area contributed by atoms with Gasteiger partial charge >= 0.3 is 12.1 Å². The van der Waals surface area contributed by atoms with Crippen LogP contribution < -0.4 is 5.32 Å². The van der Waals surface area contributed by atoms with E-state index in [0.717, 1.165) is 23.5 Å². The standard InChI is InChI=1S/C14H12F3NO2S/c15-14(16,17)11-3-1-2-9(6-11)7-18-8-10-4-5-21-12(10)13(19)20/h1-6,18H,7-8H2,(H,19,20). The molecule has 0 aliphatic heterocycles. The molecule has 0 amide bonds. The fourth-order valence-corrected chi connectivity index (χ4v) is 2.62. The topological polar surface area (TPSA) is 49.3 Å². The summed E-state index contributed by atoms with van der Waals surface area (Å²) in [7, 11) is 0. The molecule has 21 heavy (non-hydrogen) atoms. The van der Waals surface area contributed by atoms with Crippen LogP contribution in [0.5, 0.6) is 0 Å². The Morgan fingerprint density at radius 1 is 1.24 bits per heavy atom. The molecule has 1 heterocycles. The average Bonchev–Trinajstić information content (AvgIpc) is 2.87. The molecule has 0 spiro atoms. The van der Waals surface area contributed by atoms with Gasteiger partial charge in [0.2, 0.25) is 0 Å². The summed E-state index contributed by atoms with van der Waals surface area (Å²) >= 11 is 1.12. The predicted octanol–water partition coefficient (Wildman–Crippen LogP) is 3.75. The monoisotopic (exact) mass is 315 g/mol. The molecule has 3 nitrogen and oxygen atoms in total. The molecule has 0 radical (unpaired) electrons. The van der Waals surface area contributed by atoms with Crippen molar-refractivity contribution in [2.75, 3.05) is 0 Å². The molecule has 0 saturated carbocycles. The minimum Gasteiger partial charge on any atom is -0.477 e. The van der Waals surface area contributed by atoms with Crippen molar-refractivity contribution < 1.29 is 23.1 Å². The highest BCUT2D eigenvalue weighted by Gasteiger charge is 2.30. The van der Waals surface area contributed by atoms with E-state index in [1.165, 1.54) is 6.07 Å². The second kappa shape index (κ2) is 6.28. The number of aromatic carboxylic acids is 1. The van der Waals surface area contributed by atoms with E-state index in [4.69, 9.17) is 5.11 Å². The Balaban J connectivity index is 1.98. The lowest BCUT2D eigenvalue weighted by Crippen LogP contribution is -2.15. The highest BCUT2D eigenvalue weighted by atomic mass is 32.1. The zero-order valence-electron chi connectivity index (χ0n) is 10.8. The molecular formula is C14H12F3NO2S. The molecule has 112 valence electrons. The predicted molar refractivity (Wildman–Crippen MR) is 73.3 cm³/mol. The van der Waals surface area contributed by atoms with Crippen LogP contribution in [0.1, 0.15) is 26.4 Å². The number of hydrogen-bond acceptors (Lipinski definition) is 3. The van der Waals surface area contributed by atoms with E-state index in [2.05, 4.69) is 5.32 Å². The third kappa shape index (κ3) is 4.05. The van der Waals surface area contributed by atoms with E-state index in [0.29, 0.717) is 17.7 Å². The number of alkyl halides is 3. The number of nitrogens with one attached hydrogen (secondary N) is 1. The lowest BCUT2D eigenvalue weighted by Gasteiger charge is -2.09. The Hall–Kier alpha value is -1.86. The number of benzene rings is 1. The maximum Gasteiger partial charge on any atom is 0.416 e. The van der Waals surface area contributed by atoms with Gasteiger partial charge in [-0.15, -0.1) is 11.3 Å². The molecule has 0 aliphatic carbocycles. The number of thiophene rings is 1.